The summed E-state index contributed by atoms with van der Waals surface area (Å²) in [6.45, 7) is 1.63. The van der Waals surface area contributed by atoms with Gasteiger partial charge in [-0.15, -0.1) is 0 Å². The lowest BCUT2D eigenvalue weighted by Gasteiger charge is -2.24. The first-order valence-electron chi connectivity index (χ1n) is 10.7. The monoisotopic (exact) mass is 403 g/mol. The smallest absolute Gasteiger partial charge is 0.129 e. The number of aromatic amines is 1. The molecule has 0 aliphatic heterocycles. The fraction of sp³-hybridized carbons (Fsp3) is 0.107. The largest absolute Gasteiger partial charge is 0.357 e. The van der Waals surface area contributed by atoms with Crippen molar-refractivity contribution in [2.45, 2.75) is 19.5 Å². The van der Waals surface area contributed by atoms with Crippen molar-refractivity contribution in [3.05, 3.63) is 132 Å². The molecule has 0 saturated heterocycles. The van der Waals surface area contributed by atoms with Crippen LogP contribution in [0.25, 0.3) is 10.9 Å². The number of aromatic nitrogens is 2. The van der Waals surface area contributed by atoms with Gasteiger partial charge in [-0.25, -0.2) is 4.98 Å². The summed E-state index contributed by atoms with van der Waals surface area (Å²) in [7, 11) is 0. The molecule has 31 heavy (non-hydrogen) atoms. The number of fused-ring (bicyclic) bond motifs is 1. The fourth-order valence-electron chi connectivity index (χ4n) is 3.99. The molecule has 152 valence electrons. The molecule has 0 unspecified atom stereocenters. The van der Waals surface area contributed by atoms with Gasteiger partial charge in [0.1, 0.15) is 5.82 Å². The molecule has 0 aliphatic carbocycles. The summed E-state index contributed by atoms with van der Waals surface area (Å²) in [5.74, 6) is 0.991. The molecule has 0 radical (unpaired) electrons. The molecule has 0 amide bonds. The Bertz CT molecular complexity index is 1200. The van der Waals surface area contributed by atoms with Gasteiger partial charge in [0.25, 0.3) is 0 Å². The van der Waals surface area contributed by atoms with Gasteiger partial charge < -0.3 is 9.88 Å². The Labute approximate surface area is 183 Å². The molecular formula is C28H25N3. The quantitative estimate of drug-likeness (QED) is 0.343. The van der Waals surface area contributed by atoms with Crippen LogP contribution in [0.2, 0.25) is 0 Å². The first-order valence-corrected chi connectivity index (χ1v) is 10.7. The minimum atomic E-state index is 0.815. The van der Waals surface area contributed by atoms with Gasteiger partial charge in [-0.1, -0.05) is 91.0 Å². The molecule has 3 heteroatoms. The number of anilines is 1. The van der Waals surface area contributed by atoms with E-state index in [4.69, 9.17) is 4.98 Å². The summed E-state index contributed by atoms with van der Waals surface area (Å²) in [4.78, 5) is 10.7. The van der Waals surface area contributed by atoms with Gasteiger partial charge in [0.15, 0.2) is 0 Å². The molecule has 3 nitrogen and oxygen atoms in total. The van der Waals surface area contributed by atoms with Gasteiger partial charge in [0.2, 0.25) is 0 Å². The van der Waals surface area contributed by atoms with Crippen molar-refractivity contribution in [3.8, 4) is 0 Å². The van der Waals surface area contributed by atoms with Crippen molar-refractivity contribution < 1.29 is 0 Å². The zero-order chi connectivity index (χ0) is 20.9. The number of pyridine rings is 1. The molecule has 0 saturated carbocycles. The second-order valence-corrected chi connectivity index (χ2v) is 7.91. The number of H-pyrrole nitrogens is 1. The Morgan fingerprint density at radius 1 is 0.645 bits per heavy atom. The maximum absolute atomic E-state index is 4.81. The summed E-state index contributed by atoms with van der Waals surface area (Å²) < 4.78 is 0. The van der Waals surface area contributed by atoms with Gasteiger partial charge in [-0.3, -0.25) is 0 Å². The van der Waals surface area contributed by atoms with E-state index >= 15 is 0 Å². The van der Waals surface area contributed by atoms with Crippen molar-refractivity contribution >= 4 is 16.7 Å². The zero-order valence-corrected chi connectivity index (χ0v) is 17.4. The first kappa shape index (κ1) is 19.1. The Balaban J connectivity index is 1.45. The summed E-state index contributed by atoms with van der Waals surface area (Å²) in [6, 6.07) is 36.2. The van der Waals surface area contributed by atoms with Gasteiger partial charge in [0, 0.05) is 30.6 Å². The van der Waals surface area contributed by atoms with E-state index in [-0.39, 0.29) is 0 Å². The minimum absolute atomic E-state index is 0.815. The maximum Gasteiger partial charge on any atom is 0.129 e. The van der Waals surface area contributed by atoms with Crippen molar-refractivity contribution in [1.82, 2.24) is 9.97 Å². The van der Waals surface area contributed by atoms with E-state index in [0.29, 0.717) is 0 Å². The van der Waals surface area contributed by atoms with Crippen LogP contribution in [-0.4, -0.2) is 9.97 Å². The van der Waals surface area contributed by atoms with Crippen molar-refractivity contribution in [2.24, 2.45) is 0 Å². The molecule has 1 N–H and O–H groups in total. The summed E-state index contributed by atoms with van der Waals surface area (Å²) in [5.41, 5.74) is 6.14. The summed E-state index contributed by atoms with van der Waals surface area (Å²) in [6.07, 6.45) is 2.85. The van der Waals surface area contributed by atoms with E-state index in [9.17, 15) is 0 Å². The van der Waals surface area contributed by atoms with Gasteiger partial charge in [0.05, 0.1) is 11.7 Å². The van der Waals surface area contributed by atoms with Crippen LogP contribution in [0.4, 0.5) is 5.82 Å². The highest BCUT2D eigenvalue weighted by molar-refractivity contribution is 5.82. The average molecular weight is 404 g/mol. The minimum Gasteiger partial charge on any atom is -0.357 e. The first-order chi connectivity index (χ1) is 15.3. The molecule has 0 spiro atoms. The number of rotatable bonds is 7. The Hall–Kier alpha value is -3.85. The molecule has 0 aliphatic rings. The van der Waals surface area contributed by atoms with E-state index in [1.54, 1.807) is 0 Å². The third-order valence-corrected chi connectivity index (χ3v) is 5.54. The van der Waals surface area contributed by atoms with Crippen LogP contribution in [-0.2, 0) is 19.5 Å². The Morgan fingerprint density at radius 3 is 1.77 bits per heavy atom. The second-order valence-electron chi connectivity index (χ2n) is 7.91. The van der Waals surface area contributed by atoms with E-state index in [2.05, 4.69) is 113 Å². The van der Waals surface area contributed by atoms with Crippen LogP contribution < -0.4 is 4.90 Å². The van der Waals surface area contributed by atoms with Gasteiger partial charge in [-0.2, -0.15) is 0 Å². The Kier molecular flexibility index (Phi) is 5.48. The highest BCUT2D eigenvalue weighted by Gasteiger charge is 2.12. The molecule has 5 aromatic rings. The Morgan fingerprint density at radius 2 is 1.19 bits per heavy atom. The van der Waals surface area contributed by atoms with E-state index in [1.807, 2.05) is 6.20 Å². The number of nitrogens with one attached hydrogen (secondary N) is 1. The summed E-state index contributed by atoms with van der Waals surface area (Å²) in [5, 5.41) is 1.20. The van der Waals surface area contributed by atoms with Gasteiger partial charge >= 0.3 is 0 Å². The predicted octanol–water partition coefficient (Wildman–Crippen LogP) is 6.36. The SMILES string of the molecule is c1ccc(Cc2cc3cc(N(Cc4ccccc4)Cc4ccccc4)ncc3[nH]2)cc1. The highest BCUT2D eigenvalue weighted by atomic mass is 15.2. The average Bonchev–Trinajstić information content (AvgIpc) is 3.22. The van der Waals surface area contributed by atoms with Crippen LogP contribution in [0, 0.1) is 0 Å². The zero-order valence-electron chi connectivity index (χ0n) is 17.4. The molecule has 3 aromatic carbocycles. The highest BCUT2D eigenvalue weighted by Crippen LogP contribution is 2.24. The molecule has 2 aromatic heterocycles. The lowest BCUT2D eigenvalue weighted by atomic mass is 10.1. The van der Waals surface area contributed by atoms with Crippen LogP contribution in [0.15, 0.2) is 109 Å². The third-order valence-electron chi connectivity index (χ3n) is 5.54. The van der Waals surface area contributed by atoms with Crippen LogP contribution in [0.3, 0.4) is 0 Å². The number of nitrogens with zero attached hydrogens (tertiary/aromatic N) is 2. The van der Waals surface area contributed by atoms with Crippen molar-refractivity contribution in [1.29, 1.82) is 0 Å². The van der Waals surface area contributed by atoms with Crippen LogP contribution >= 0.6 is 0 Å². The molecule has 2 heterocycles. The molecule has 0 bridgehead atoms. The van der Waals surface area contributed by atoms with Crippen LogP contribution in [0.5, 0.6) is 0 Å². The fourth-order valence-corrected chi connectivity index (χ4v) is 3.99. The lowest BCUT2D eigenvalue weighted by molar-refractivity contribution is 0.785. The van der Waals surface area contributed by atoms with E-state index < -0.39 is 0 Å². The number of benzene rings is 3. The second kappa shape index (κ2) is 8.88. The molecular weight excluding hydrogens is 378 g/mol. The molecule has 5 rings (SSSR count). The lowest BCUT2D eigenvalue weighted by Crippen LogP contribution is -2.23. The normalized spacial score (nSPS) is 11.0. The van der Waals surface area contributed by atoms with E-state index in [0.717, 1.165) is 30.8 Å². The van der Waals surface area contributed by atoms with Gasteiger partial charge in [-0.05, 0) is 28.8 Å². The topological polar surface area (TPSA) is 31.9 Å². The van der Waals surface area contributed by atoms with Crippen molar-refractivity contribution in [2.75, 3.05) is 4.90 Å². The standard InChI is InChI=1S/C28H25N3/c1-4-10-22(11-5-1)16-26-17-25-18-28(29-19-27(25)30-26)31(20-23-12-6-2-7-13-23)21-24-14-8-3-9-15-24/h1-15,17-19,30H,16,20-21H2. The van der Waals surface area contributed by atoms with Crippen molar-refractivity contribution in [3.63, 3.8) is 0 Å². The maximum atomic E-state index is 4.81. The van der Waals surface area contributed by atoms with Crippen LogP contribution in [0.1, 0.15) is 22.4 Å². The summed E-state index contributed by atoms with van der Waals surface area (Å²) >= 11 is 0. The predicted molar refractivity (Wildman–Crippen MR) is 128 cm³/mol. The third kappa shape index (κ3) is 4.67. The van der Waals surface area contributed by atoms with E-state index in [1.165, 1.54) is 27.8 Å². The number of hydrogen-bond donors (Lipinski definition) is 1. The molecule has 0 atom stereocenters. The molecule has 0 fully saturated rings. The number of hydrogen-bond acceptors (Lipinski definition) is 2.